The van der Waals surface area contributed by atoms with Gasteiger partial charge in [-0.1, -0.05) is 59.6 Å². The summed E-state index contributed by atoms with van der Waals surface area (Å²) in [6, 6.07) is 28.4. The molecule has 3 aliphatic heterocycles. The van der Waals surface area contributed by atoms with Gasteiger partial charge >= 0.3 is 0 Å². The molecule has 4 atom stereocenters. The van der Waals surface area contributed by atoms with Gasteiger partial charge in [0.15, 0.2) is 0 Å². The molecule has 2 bridgehead atoms. The van der Waals surface area contributed by atoms with Gasteiger partial charge < -0.3 is 4.90 Å². The zero-order chi connectivity index (χ0) is 33.3. The zero-order valence-electron chi connectivity index (χ0n) is 24.7. The van der Waals surface area contributed by atoms with Crippen molar-refractivity contribution in [1.82, 2.24) is 0 Å². The van der Waals surface area contributed by atoms with E-state index in [-0.39, 0.29) is 11.4 Å². The molecule has 3 heterocycles. The summed E-state index contributed by atoms with van der Waals surface area (Å²) in [4.78, 5) is 76.2. The first-order valence-electron chi connectivity index (χ1n) is 15.2. The number of hydrogen-bond donors (Lipinski definition) is 0. The van der Waals surface area contributed by atoms with Crippen molar-refractivity contribution in [3.05, 3.63) is 135 Å². The summed E-state index contributed by atoms with van der Waals surface area (Å²) in [5.41, 5.74) is -1.58. The van der Waals surface area contributed by atoms with Crippen LogP contribution < -0.4 is 14.7 Å². The molecule has 0 N–H and O–H groups in total. The van der Waals surface area contributed by atoms with Crippen LogP contribution in [0.25, 0.3) is 5.57 Å². The van der Waals surface area contributed by atoms with Crippen molar-refractivity contribution in [2.24, 2.45) is 23.7 Å². The first-order valence-corrected chi connectivity index (χ1v) is 16.0. The second-order valence-corrected chi connectivity index (χ2v) is 13.5. The van der Waals surface area contributed by atoms with Gasteiger partial charge in [0.05, 0.1) is 28.7 Å². The summed E-state index contributed by atoms with van der Waals surface area (Å²) in [7, 11) is 0. The molecular weight excluding hydrogens is 655 g/mol. The predicted molar refractivity (Wildman–Crippen MR) is 177 cm³/mol. The highest BCUT2D eigenvalue weighted by Gasteiger charge is 2.88. The summed E-state index contributed by atoms with van der Waals surface area (Å²) >= 11 is 12.3. The van der Waals surface area contributed by atoms with Crippen LogP contribution in [0.4, 0.5) is 22.7 Å². The first-order chi connectivity index (χ1) is 23.1. The number of nitrogens with zero attached hydrogens (tertiary/aromatic N) is 4. The van der Waals surface area contributed by atoms with E-state index in [1.54, 1.807) is 18.2 Å². The van der Waals surface area contributed by atoms with E-state index < -0.39 is 63.3 Å². The maximum atomic E-state index is 15.0. The highest BCUT2D eigenvalue weighted by Crippen LogP contribution is 2.73. The van der Waals surface area contributed by atoms with Gasteiger partial charge in [-0.2, -0.15) is 0 Å². The second-order valence-electron chi connectivity index (χ2n) is 12.6. The quantitative estimate of drug-likeness (QED) is 0.149. The summed E-state index contributed by atoms with van der Waals surface area (Å²) in [5.74, 6) is -9.06. The molecule has 4 amide bonds. The van der Waals surface area contributed by atoms with Gasteiger partial charge in [0.1, 0.15) is 11.8 Å². The lowest BCUT2D eigenvalue weighted by Crippen LogP contribution is -2.76. The maximum Gasteiger partial charge on any atom is 0.265 e. The molecule has 2 saturated heterocycles. The number of benzene rings is 4. The molecule has 0 aromatic heterocycles. The van der Waals surface area contributed by atoms with Gasteiger partial charge in [-0.3, -0.25) is 29.3 Å². The molecule has 10 rings (SSSR count). The van der Waals surface area contributed by atoms with E-state index >= 15 is 0 Å². The molecule has 0 radical (unpaired) electrons. The van der Waals surface area contributed by atoms with Crippen LogP contribution in [0.1, 0.15) is 5.56 Å². The van der Waals surface area contributed by atoms with Gasteiger partial charge in [-0.05, 0) is 78.4 Å². The third-order valence-electron chi connectivity index (χ3n) is 10.7. The van der Waals surface area contributed by atoms with Gasteiger partial charge in [0, 0.05) is 31.9 Å². The van der Waals surface area contributed by atoms with E-state index in [0.29, 0.717) is 32.6 Å². The third-order valence-corrected chi connectivity index (χ3v) is 11.2. The number of carbonyl (C=O) groups excluding carboxylic acids is 4. The van der Waals surface area contributed by atoms with Crippen LogP contribution in [-0.2, 0) is 19.2 Å². The standard InChI is InChI=1S/C36H22Cl2N4O6/c37-19-10-14-21(15-11-19)39-31(43)27-29(33(39)45)36-25(24-8-4-5-9-26(24)41(36)23-6-2-1-3-7-23)18-35(27,42(47)48)28-30(36)34(46)40(32(28)44)22-16-12-20(38)13-17-22/h1-18,27-30H. The minimum absolute atomic E-state index is 0.187. The van der Waals surface area contributed by atoms with E-state index in [9.17, 15) is 29.3 Å². The molecule has 10 nitrogen and oxygen atoms in total. The highest BCUT2D eigenvalue weighted by molar-refractivity contribution is 6.32. The molecule has 1 spiro atoms. The third kappa shape index (κ3) is 3.24. The van der Waals surface area contributed by atoms with Gasteiger partial charge in [-0.15, -0.1) is 0 Å². The molecule has 236 valence electrons. The Bertz CT molecular complexity index is 2080. The molecule has 3 fully saturated rings. The number of halogens is 2. The normalized spacial score (nSPS) is 29.5. The van der Waals surface area contributed by atoms with E-state index in [2.05, 4.69) is 0 Å². The van der Waals surface area contributed by atoms with Crippen LogP contribution in [0.15, 0.2) is 109 Å². The second kappa shape index (κ2) is 9.62. The Morgan fingerprint density at radius 2 is 1.04 bits per heavy atom. The Labute approximate surface area is 282 Å². The van der Waals surface area contributed by atoms with Crippen molar-refractivity contribution in [2.75, 3.05) is 14.7 Å². The number of para-hydroxylation sites is 2. The number of nitro groups is 1. The monoisotopic (exact) mass is 676 g/mol. The average Bonchev–Trinajstić information content (AvgIpc) is 3.65. The molecule has 4 aromatic carbocycles. The maximum absolute atomic E-state index is 15.0. The van der Waals surface area contributed by atoms with E-state index in [1.165, 1.54) is 54.6 Å². The molecule has 48 heavy (non-hydrogen) atoms. The fourth-order valence-corrected chi connectivity index (χ4v) is 9.35. The van der Waals surface area contributed by atoms with Crippen LogP contribution in [0.2, 0.25) is 10.0 Å². The topological polar surface area (TPSA) is 121 Å². The van der Waals surface area contributed by atoms with Crippen molar-refractivity contribution in [1.29, 1.82) is 0 Å². The van der Waals surface area contributed by atoms with Crippen LogP contribution >= 0.6 is 23.2 Å². The fraction of sp³-hybridized carbons (Fsp3) is 0.167. The number of carbonyl (C=O) groups is 4. The SMILES string of the molecule is O=C1C2C(C(=O)N1c1ccc(Cl)cc1)C1([N+](=O)[O-])C=C3c4ccccc4N(c4ccccc4)C32C2C(=O)N(c3ccc(Cl)cc3)C(=O)C21. The van der Waals surface area contributed by atoms with Crippen molar-refractivity contribution >= 4 is 75.2 Å². The predicted octanol–water partition coefficient (Wildman–Crippen LogP) is 5.92. The van der Waals surface area contributed by atoms with Gasteiger partial charge in [0.2, 0.25) is 23.6 Å². The fourth-order valence-electron chi connectivity index (χ4n) is 9.09. The number of hydrogen-bond acceptors (Lipinski definition) is 7. The zero-order valence-corrected chi connectivity index (χ0v) is 26.2. The Morgan fingerprint density at radius 3 is 1.54 bits per heavy atom. The first kappa shape index (κ1) is 28.9. The van der Waals surface area contributed by atoms with Crippen LogP contribution in [0.3, 0.4) is 0 Å². The molecule has 6 aliphatic rings. The van der Waals surface area contributed by atoms with Crippen molar-refractivity contribution < 1.29 is 24.1 Å². The van der Waals surface area contributed by atoms with E-state index in [0.717, 1.165) is 9.80 Å². The summed E-state index contributed by atoms with van der Waals surface area (Å²) in [6.45, 7) is 0. The lowest BCUT2D eigenvalue weighted by molar-refractivity contribution is -0.577. The Kier molecular flexibility index (Phi) is 5.78. The number of amides is 4. The number of fused-ring (bicyclic) bond motifs is 1. The minimum atomic E-state index is -2.42. The number of anilines is 4. The molecular formula is C36H22Cl2N4O6. The van der Waals surface area contributed by atoms with E-state index in [4.69, 9.17) is 23.2 Å². The van der Waals surface area contributed by atoms with Crippen molar-refractivity contribution in [3.63, 3.8) is 0 Å². The summed E-state index contributed by atoms with van der Waals surface area (Å²) < 4.78 is 0. The average molecular weight is 678 g/mol. The van der Waals surface area contributed by atoms with Crippen LogP contribution in [-0.4, -0.2) is 39.6 Å². The van der Waals surface area contributed by atoms with Gasteiger partial charge in [0.25, 0.3) is 5.54 Å². The Balaban J connectivity index is 1.39. The lowest BCUT2D eigenvalue weighted by Gasteiger charge is -2.58. The van der Waals surface area contributed by atoms with Crippen molar-refractivity contribution in [2.45, 2.75) is 11.1 Å². The summed E-state index contributed by atoms with van der Waals surface area (Å²) in [5, 5.41) is 14.4. The van der Waals surface area contributed by atoms with Crippen molar-refractivity contribution in [3.8, 4) is 0 Å². The Morgan fingerprint density at radius 1 is 0.583 bits per heavy atom. The van der Waals surface area contributed by atoms with Crippen LogP contribution in [0, 0.1) is 33.8 Å². The minimum Gasteiger partial charge on any atom is -0.329 e. The lowest BCUT2D eigenvalue weighted by atomic mass is 9.44. The number of imide groups is 2. The van der Waals surface area contributed by atoms with E-state index in [1.807, 2.05) is 41.3 Å². The smallest absolute Gasteiger partial charge is 0.265 e. The highest BCUT2D eigenvalue weighted by atomic mass is 35.5. The molecule has 3 aliphatic carbocycles. The Hall–Kier alpha value is -5.32. The number of rotatable bonds is 4. The largest absolute Gasteiger partial charge is 0.329 e. The molecule has 1 saturated carbocycles. The van der Waals surface area contributed by atoms with Crippen LogP contribution in [0.5, 0.6) is 0 Å². The molecule has 4 aromatic rings. The molecule has 12 heteroatoms. The molecule has 4 unspecified atom stereocenters. The van der Waals surface area contributed by atoms with Gasteiger partial charge in [-0.25, -0.2) is 9.80 Å². The summed E-state index contributed by atoms with van der Waals surface area (Å²) in [6.07, 6.45) is 1.41.